The van der Waals surface area contributed by atoms with Crippen LogP contribution in [0.25, 0.3) is 0 Å². The number of nitrogens with one attached hydrogen (secondary N) is 1. The second-order valence-corrected chi connectivity index (χ2v) is 6.58. The van der Waals surface area contributed by atoms with E-state index in [4.69, 9.17) is 9.47 Å². The maximum absolute atomic E-state index is 13.2. The minimum absolute atomic E-state index is 0.0712. The van der Waals surface area contributed by atoms with Crippen molar-refractivity contribution in [2.75, 3.05) is 25.0 Å². The van der Waals surface area contributed by atoms with E-state index < -0.39 is 0 Å². The molecule has 6 nitrogen and oxygen atoms in total. The highest BCUT2D eigenvalue weighted by Gasteiger charge is 2.32. The highest BCUT2D eigenvalue weighted by Crippen LogP contribution is 2.34. The normalized spacial score (nSPS) is 22.2. The van der Waals surface area contributed by atoms with Crippen LogP contribution in [-0.2, 0) is 9.53 Å². The third-order valence-corrected chi connectivity index (χ3v) is 4.59. The summed E-state index contributed by atoms with van der Waals surface area (Å²) in [5.74, 6) is 0.104. The number of nitrogens with zero attached hydrogens (tertiary/aromatic N) is 1. The Bertz CT molecular complexity index is 837. The Labute approximate surface area is 151 Å². The van der Waals surface area contributed by atoms with E-state index in [1.807, 2.05) is 37.3 Å². The number of benzene rings is 2. The van der Waals surface area contributed by atoms with E-state index in [1.165, 1.54) is 0 Å². The number of carbonyl (C=O) groups is 2. The van der Waals surface area contributed by atoms with E-state index >= 15 is 0 Å². The quantitative estimate of drug-likeness (QED) is 0.902. The molecule has 6 heteroatoms. The van der Waals surface area contributed by atoms with E-state index in [0.717, 1.165) is 5.56 Å². The van der Waals surface area contributed by atoms with Gasteiger partial charge in [0.15, 0.2) is 12.4 Å². The molecule has 2 aliphatic rings. The van der Waals surface area contributed by atoms with Crippen molar-refractivity contribution >= 4 is 17.5 Å². The molecule has 2 aromatic carbocycles. The lowest BCUT2D eigenvalue weighted by Crippen LogP contribution is -2.46. The number of carbonyl (C=O) groups excluding carboxylic acids is 2. The molecule has 2 amide bonds. The molecule has 0 bridgehead atoms. The molecule has 1 saturated heterocycles. The zero-order valence-electron chi connectivity index (χ0n) is 14.5. The summed E-state index contributed by atoms with van der Waals surface area (Å²) in [6.45, 7) is 2.87. The maximum atomic E-state index is 13.2. The molecule has 2 heterocycles. The average Bonchev–Trinajstić information content (AvgIpc) is 2.67. The first-order valence-electron chi connectivity index (χ1n) is 8.67. The topological polar surface area (TPSA) is 67.9 Å². The van der Waals surface area contributed by atoms with E-state index in [9.17, 15) is 9.59 Å². The second kappa shape index (κ2) is 6.80. The van der Waals surface area contributed by atoms with Gasteiger partial charge in [0, 0.05) is 6.54 Å². The molecule has 2 aromatic rings. The SMILES string of the molecule is CC1CN(C(=O)c2cccc3c2OCC(=O)N3)CC(c2ccccc2)O1. The number of anilines is 1. The van der Waals surface area contributed by atoms with Crippen molar-refractivity contribution in [1.29, 1.82) is 0 Å². The zero-order valence-corrected chi connectivity index (χ0v) is 14.5. The molecule has 0 aliphatic carbocycles. The van der Waals surface area contributed by atoms with Gasteiger partial charge in [0.1, 0.15) is 6.10 Å². The van der Waals surface area contributed by atoms with Crippen molar-refractivity contribution < 1.29 is 19.1 Å². The summed E-state index contributed by atoms with van der Waals surface area (Å²) >= 11 is 0. The number of rotatable bonds is 2. The Kier molecular flexibility index (Phi) is 4.34. The molecule has 1 N–H and O–H groups in total. The molecule has 0 spiro atoms. The minimum atomic E-state index is -0.216. The molecular weight excluding hydrogens is 332 g/mol. The van der Waals surface area contributed by atoms with Gasteiger partial charge in [-0.15, -0.1) is 0 Å². The van der Waals surface area contributed by atoms with Gasteiger partial charge in [0.05, 0.1) is 23.9 Å². The molecule has 1 fully saturated rings. The zero-order chi connectivity index (χ0) is 18.1. The van der Waals surface area contributed by atoms with Crippen molar-refractivity contribution in [3.63, 3.8) is 0 Å². The summed E-state index contributed by atoms with van der Waals surface area (Å²) in [5, 5.41) is 2.74. The van der Waals surface area contributed by atoms with Crippen molar-refractivity contribution in [1.82, 2.24) is 4.90 Å². The predicted molar refractivity (Wildman–Crippen MR) is 96.2 cm³/mol. The van der Waals surface area contributed by atoms with Crippen LogP contribution < -0.4 is 10.1 Å². The molecular formula is C20H20N2O4. The van der Waals surface area contributed by atoms with Gasteiger partial charge in [0.2, 0.25) is 0 Å². The molecule has 134 valence electrons. The molecule has 0 radical (unpaired) electrons. The van der Waals surface area contributed by atoms with Crippen LogP contribution in [0, 0.1) is 0 Å². The van der Waals surface area contributed by atoms with Crippen LogP contribution in [0.2, 0.25) is 0 Å². The van der Waals surface area contributed by atoms with Crippen LogP contribution in [-0.4, -0.2) is 42.5 Å². The van der Waals surface area contributed by atoms with E-state index in [-0.39, 0.29) is 30.6 Å². The molecule has 26 heavy (non-hydrogen) atoms. The Balaban J connectivity index is 1.60. The number of morpholine rings is 1. The highest BCUT2D eigenvalue weighted by atomic mass is 16.5. The van der Waals surface area contributed by atoms with Crippen LogP contribution in [0.15, 0.2) is 48.5 Å². The summed E-state index contributed by atoms with van der Waals surface area (Å²) in [7, 11) is 0. The Morgan fingerprint density at radius 3 is 2.73 bits per heavy atom. The smallest absolute Gasteiger partial charge is 0.262 e. The van der Waals surface area contributed by atoms with Crippen LogP contribution in [0.4, 0.5) is 5.69 Å². The standard InChI is InChI=1S/C20H20N2O4/c1-13-10-22(11-17(26-13)14-6-3-2-4-7-14)20(24)15-8-5-9-16-19(15)25-12-18(23)21-16/h2-9,13,17H,10-12H2,1H3,(H,21,23). The van der Waals surface area contributed by atoms with Gasteiger partial charge in [-0.05, 0) is 24.6 Å². The second-order valence-electron chi connectivity index (χ2n) is 6.58. The molecule has 2 atom stereocenters. The van der Waals surface area contributed by atoms with Crippen molar-refractivity contribution in [3.05, 3.63) is 59.7 Å². The van der Waals surface area contributed by atoms with Crippen molar-refractivity contribution in [3.8, 4) is 5.75 Å². The van der Waals surface area contributed by atoms with Gasteiger partial charge in [0.25, 0.3) is 11.8 Å². The number of ether oxygens (including phenoxy) is 2. The van der Waals surface area contributed by atoms with E-state index in [2.05, 4.69) is 5.32 Å². The maximum Gasteiger partial charge on any atom is 0.262 e. The summed E-state index contributed by atoms with van der Waals surface area (Å²) in [6.07, 6.45) is -0.234. The third-order valence-electron chi connectivity index (χ3n) is 4.59. The van der Waals surface area contributed by atoms with Gasteiger partial charge in [-0.1, -0.05) is 36.4 Å². The molecule has 4 rings (SSSR count). The number of hydrogen-bond donors (Lipinski definition) is 1. The largest absolute Gasteiger partial charge is 0.481 e. The minimum Gasteiger partial charge on any atom is -0.481 e. The average molecular weight is 352 g/mol. The summed E-state index contributed by atoms with van der Waals surface area (Å²) < 4.78 is 11.6. The molecule has 0 aromatic heterocycles. The number of para-hydroxylation sites is 1. The first-order valence-corrected chi connectivity index (χ1v) is 8.67. The number of fused-ring (bicyclic) bond motifs is 1. The lowest BCUT2D eigenvalue weighted by atomic mass is 10.0. The third kappa shape index (κ3) is 3.15. The Hall–Kier alpha value is -2.86. The fraction of sp³-hybridized carbons (Fsp3) is 0.300. The first-order chi connectivity index (χ1) is 12.6. The van der Waals surface area contributed by atoms with E-state index in [1.54, 1.807) is 23.1 Å². The van der Waals surface area contributed by atoms with Crippen LogP contribution >= 0.6 is 0 Å². The van der Waals surface area contributed by atoms with Crippen molar-refractivity contribution in [2.45, 2.75) is 19.1 Å². The molecule has 2 aliphatic heterocycles. The summed E-state index contributed by atoms with van der Waals surface area (Å²) in [4.78, 5) is 26.4. The summed E-state index contributed by atoms with van der Waals surface area (Å²) in [6, 6.07) is 15.1. The fourth-order valence-corrected chi connectivity index (χ4v) is 3.42. The number of amides is 2. The van der Waals surface area contributed by atoms with Gasteiger partial charge in [-0.3, -0.25) is 9.59 Å². The Morgan fingerprint density at radius 2 is 1.92 bits per heavy atom. The van der Waals surface area contributed by atoms with Crippen LogP contribution in [0.1, 0.15) is 28.9 Å². The van der Waals surface area contributed by atoms with Crippen molar-refractivity contribution in [2.24, 2.45) is 0 Å². The summed E-state index contributed by atoms with van der Waals surface area (Å²) in [5.41, 5.74) is 2.05. The van der Waals surface area contributed by atoms with Gasteiger partial charge >= 0.3 is 0 Å². The van der Waals surface area contributed by atoms with Gasteiger partial charge in [-0.25, -0.2) is 0 Å². The highest BCUT2D eigenvalue weighted by molar-refractivity contribution is 6.03. The number of hydrogen-bond acceptors (Lipinski definition) is 4. The predicted octanol–water partition coefficient (Wildman–Crippen LogP) is 2.62. The van der Waals surface area contributed by atoms with Gasteiger partial charge in [-0.2, -0.15) is 0 Å². The monoisotopic (exact) mass is 352 g/mol. The molecule has 0 saturated carbocycles. The first kappa shape index (κ1) is 16.6. The molecule has 2 unspecified atom stereocenters. The van der Waals surface area contributed by atoms with Crippen LogP contribution in [0.3, 0.4) is 0 Å². The van der Waals surface area contributed by atoms with Crippen LogP contribution in [0.5, 0.6) is 5.75 Å². The fourth-order valence-electron chi connectivity index (χ4n) is 3.42. The lowest BCUT2D eigenvalue weighted by molar-refractivity contribution is -0.118. The van der Waals surface area contributed by atoms with Gasteiger partial charge < -0.3 is 19.7 Å². The lowest BCUT2D eigenvalue weighted by Gasteiger charge is -2.37. The Morgan fingerprint density at radius 1 is 1.12 bits per heavy atom. The van der Waals surface area contributed by atoms with E-state index in [0.29, 0.717) is 30.1 Å².